The largest absolute Gasteiger partial charge is 0.480 e. The van der Waals surface area contributed by atoms with Crippen molar-refractivity contribution in [3.05, 3.63) is 74.1 Å². The minimum atomic E-state index is -0.771. The Hall–Kier alpha value is -2.83. The predicted molar refractivity (Wildman–Crippen MR) is 151 cm³/mol. The Balaban J connectivity index is 1.35. The van der Waals surface area contributed by atoms with Gasteiger partial charge in [0, 0.05) is 23.0 Å². The van der Waals surface area contributed by atoms with E-state index in [-0.39, 0.29) is 23.5 Å². The number of halogens is 1. The van der Waals surface area contributed by atoms with E-state index in [0.717, 1.165) is 72.6 Å². The molecular weight excluding hydrogens is 514 g/mol. The van der Waals surface area contributed by atoms with Crippen molar-refractivity contribution in [1.82, 2.24) is 4.90 Å². The van der Waals surface area contributed by atoms with Crippen LogP contribution in [0.3, 0.4) is 0 Å². The van der Waals surface area contributed by atoms with Crippen LogP contribution in [-0.4, -0.2) is 34.2 Å². The van der Waals surface area contributed by atoms with Crippen LogP contribution >= 0.6 is 11.6 Å². The predicted octanol–water partition coefficient (Wildman–Crippen LogP) is 6.30. The minimum Gasteiger partial charge on any atom is -0.480 e. The molecule has 0 radical (unpaired) electrons. The average molecular weight is 550 g/mol. The fourth-order valence-corrected chi connectivity index (χ4v) is 7.36. The molecule has 7 heteroatoms. The first-order chi connectivity index (χ1) is 18.7. The number of ether oxygens (including phenoxy) is 1. The lowest BCUT2D eigenvalue weighted by atomic mass is 9.66. The lowest BCUT2D eigenvalue weighted by molar-refractivity contribution is -0.161. The second-order valence-corrected chi connectivity index (χ2v) is 12.1. The van der Waals surface area contributed by atoms with Crippen LogP contribution in [0, 0.1) is 12.8 Å². The molecule has 6 nitrogen and oxygen atoms in total. The van der Waals surface area contributed by atoms with Crippen LogP contribution in [0.25, 0.3) is 11.0 Å². The first kappa shape index (κ1) is 26.4. The highest BCUT2D eigenvalue weighted by Gasteiger charge is 2.50. The van der Waals surface area contributed by atoms with Crippen molar-refractivity contribution in [2.45, 2.75) is 89.4 Å². The molecule has 2 aliphatic carbocycles. The van der Waals surface area contributed by atoms with Crippen molar-refractivity contribution >= 4 is 28.5 Å². The molecule has 0 unspecified atom stereocenters. The Kier molecular flexibility index (Phi) is 6.96. The number of fused-ring (bicyclic) bond motifs is 4. The smallest absolute Gasteiger partial charge is 0.339 e. The third-order valence-electron chi connectivity index (χ3n) is 9.14. The van der Waals surface area contributed by atoms with E-state index in [4.69, 9.17) is 20.8 Å². The molecule has 2 fully saturated rings. The molecule has 1 aliphatic heterocycles. The zero-order valence-electron chi connectivity index (χ0n) is 22.7. The van der Waals surface area contributed by atoms with E-state index in [9.17, 15) is 14.7 Å². The summed E-state index contributed by atoms with van der Waals surface area (Å²) in [6, 6.07) is 11.2. The number of carbonyl (C=O) groups is 1. The molecule has 6 rings (SSSR count). The quantitative estimate of drug-likeness (QED) is 0.386. The molecular formula is C32H36ClNO5. The maximum atomic E-state index is 14.1. The number of rotatable bonds is 4. The van der Waals surface area contributed by atoms with Gasteiger partial charge in [-0.1, -0.05) is 36.6 Å². The van der Waals surface area contributed by atoms with Gasteiger partial charge in [0.2, 0.25) is 0 Å². The number of aliphatic hydroxyl groups is 1. The van der Waals surface area contributed by atoms with Crippen molar-refractivity contribution in [2.75, 3.05) is 6.54 Å². The Labute approximate surface area is 233 Å². The molecule has 1 amide bonds. The van der Waals surface area contributed by atoms with Gasteiger partial charge in [0.15, 0.2) is 6.10 Å². The molecule has 1 aromatic heterocycles. The van der Waals surface area contributed by atoms with Gasteiger partial charge in [0.1, 0.15) is 11.3 Å². The van der Waals surface area contributed by atoms with Crippen LogP contribution in [0.2, 0.25) is 5.02 Å². The van der Waals surface area contributed by atoms with E-state index in [1.54, 1.807) is 6.92 Å². The third kappa shape index (κ3) is 4.76. The van der Waals surface area contributed by atoms with Crippen molar-refractivity contribution in [2.24, 2.45) is 5.92 Å². The first-order valence-electron chi connectivity index (χ1n) is 14.3. The average Bonchev–Trinajstić information content (AvgIpc) is 2.92. The topological polar surface area (TPSA) is 80.0 Å². The minimum absolute atomic E-state index is 0.0431. The second-order valence-electron chi connectivity index (χ2n) is 11.7. The Bertz CT molecular complexity index is 1460. The van der Waals surface area contributed by atoms with Crippen LogP contribution in [0.5, 0.6) is 5.75 Å². The van der Waals surface area contributed by atoms with Gasteiger partial charge in [-0.3, -0.25) is 4.79 Å². The number of nitrogens with zero attached hydrogens (tertiary/aromatic N) is 1. The molecule has 4 atom stereocenters. The molecule has 39 heavy (non-hydrogen) atoms. The number of piperidine rings is 1. The van der Waals surface area contributed by atoms with Crippen LogP contribution < -0.4 is 10.4 Å². The van der Waals surface area contributed by atoms with Crippen molar-refractivity contribution in [1.29, 1.82) is 0 Å². The van der Waals surface area contributed by atoms with E-state index in [0.29, 0.717) is 35.7 Å². The summed E-state index contributed by atoms with van der Waals surface area (Å²) in [7, 11) is 0. The summed E-state index contributed by atoms with van der Waals surface area (Å²) in [5.41, 5.74) is 3.09. The van der Waals surface area contributed by atoms with Crippen LogP contribution in [-0.2, 0) is 17.6 Å². The van der Waals surface area contributed by atoms with Gasteiger partial charge < -0.3 is 19.2 Å². The summed E-state index contributed by atoms with van der Waals surface area (Å²) < 4.78 is 12.2. The van der Waals surface area contributed by atoms with Gasteiger partial charge in [-0.2, -0.15) is 0 Å². The van der Waals surface area contributed by atoms with E-state index >= 15 is 0 Å². The standard InChI is InChI=1S/C32H36ClNO5/c1-19-17-26(28-23-7-3-4-8-24(23)31(36)39-27(28)18-19)38-20(2)30(35)34-16-15-32(37)14-6-5-9-25(32)29(34)21-10-12-22(33)13-11-21/h10-13,17-18,20,25,29,37H,3-9,14-16H2,1-2H3/t20-,25+,29+,32-/m1/s1. The Morgan fingerprint density at radius 1 is 1.10 bits per heavy atom. The summed E-state index contributed by atoms with van der Waals surface area (Å²) in [4.78, 5) is 28.7. The molecule has 1 N–H and O–H groups in total. The molecule has 206 valence electrons. The first-order valence-corrected chi connectivity index (χ1v) is 14.7. The van der Waals surface area contributed by atoms with Gasteiger partial charge in [-0.15, -0.1) is 0 Å². The molecule has 0 spiro atoms. The molecule has 1 saturated carbocycles. The number of carbonyl (C=O) groups excluding carboxylic acids is 1. The highest BCUT2D eigenvalue weighted by Crippen LogP contribution is 2.49. The zero-order valence-corrected chi connectivity index (χ0v) is 23.4. The number of hydrogen-bond acceptors (Lipinski definition) is 5. The van der Waals surface area contributed by atoms with E-state index in [1.165, 1.54) is 0 Å². The molecule has 2 aromatic carbocycles. The fraction of sp³-hybridized carbons (Fsp3) is 0.500. The monoisotopic (exact) mass is 549 g/mol. The zero-order chi connectivity index (χ0) is 27.3. The summed E-state index contributed by atoms with van der Waals surface area (Å²) >= 11 is 6.20. The van der Waals surface area contributed by atoms with E-state index in [1.807, 2.05) is 48.2 Å². The Morgan fingerprint density at radius 2 is 1.85 bits per heavy atom. The molecule has 3 aliphatic rings. The van der Waals surface area contributed by atoms with Crippen LogP contribution in [0.4, 0.5) is 0 Å². The normalized spacial score (nSPS) is 25.6. The van der Waals surface area contributed by atoms with Gasteiger partial charge >= 0.3 is 5.63 Å². The Morgan fingerprint density at radius 3 is 2.62 bits per heavy atom. The SMILES string of the molecule is Cc1cc(O[C@H](C)C(=O)N2CC[C@]3(O)CCCC[C@H]3[C@@H]2c2ccc(Cl)cc2)c2c3c(c(=O)oc2c1)CCCC3. The summed E-state index contributed by atoms with van der Waals surface area (Å²) in [6.07, 6.45) is 6.96. The second kappa shape index (κ2) is 10.3. The maximum absolute atomic E-state index is 14.1. The van der Waals surface area contributed by atoms with Gasteiger partial charge in [0.25, 0.3) is 5.91 Å². The number of hydrogen-bond donors (Lipinski definition) is 1. The van der Waals surface area contributed by atoms with Crippen LogP contribution in [0.15, 0.2) is 45.6 Å². The van der Waals surface area contributed by atoms with Gasteiger partial charge in [0.05, 0.1) is 17.0 Å². The van der Waals surface area contributed by atoms with Crippen LogP contribution in [0.1, 0.15) is 80.2 Å². The molecule has 2 heterocycles. The lowest BCUT2D eigenvalue weighted by Gasteiger charge is -2.53. The number of aryl methyl sites for hydroxylation is 2. The third-order valence-corrected chi connectivity index (χ3v) is 9.39. The van der Waals surface area contributed by atoms with Crippen molar-refractivity contribution in [3.63, 3.8) is 0 Å². The van der Waals surface area contributed by atoms with Crippen molar-refractivity contribution < 1.29 is 19.1 Å². The summed E-state index contributed by atoms with van der Waals surface area (Å²) in [5, 5.41) is 13.1. The lowest BCUT2D eigenvalue weighted by Crippen LogP contribution is -2.58. The maximum Gasteiger partial charge on any atom is 0.339 e. The van der Waals surface area contributed by atoms with Crippen molar-refractivity contribution in [3.8, 4) is 5.75 Å². The van der Waals surface area contributed by atoms with Gasteiger partial charge in [-0.05, 0) is 99.7 Å². The molecule has 0 bridgehead atoms. The highest BCUT2D eigenvalue weighted by atomic mass is 35.5. The highest BCUT2D eigenvalue weighted by molar-refractivity contribution is 6.30. The number of likely N-dealkylation sites (tertiary alicyclic amines) is 1. The molecule has 3 aromatic rings. The summed E-state index contributed by atoms with van der Waals surface area (Å²) in [5.74, 6) is 0.434. The number of benzene rings is 2. The fourth-order valence-electron chi connectivity index (χ4n) is 7.24. The number of amides is 1. The van der Waals surface area contributed by atoms with E-state index in [2.05, 4.69) is 0 Å². The summed E-state index contributed by atoms with van der Waals surface area (Å²) in [6.45, 7) is 4.19. The van der Waals surface area contributed by atoms with Gasteiger partial charge in [-0.25, -0.2) is 4.79 Å². The molecule has 1 saturated heterocycles. The van der Waals surface area contributed by atoms with E-state index < -0.39 is 11.7 Å².